The Balaban J connectivity index is 1.98. The average molecular weight is 238 g/mol. The van der Waals surface area contributed by atoms with E-state index >= 15 is 0 Å². The lowest BCUT2D eigenvalue weighted by Crippen LogP contribution is -2.13. The highest BCUT2D eigenvalue weighted by Crippen LogP contribution is 2.21. The van der Waals surface area contributed by atoms with Crippen molar-refractivity contribution < 1.29 is 13.8 Å². The molecule has 0 spiro atoms. The van der Waals surface area contributed by atoms with Gasteiger partial charge in [-0.25, -0.2) is 0 Å². The van der Waals surface area contributed by atoms with Gasteiger partial charge in [0, 0.05) is 12.3 Å². The van der Waals surface area contributed by atoms with E-state index < -0.39 is 0 Å². The first-order valence-electron chi connectivity index (χ1n) is 5.21. The molecule has 0 bridgehead atoms. The maximum absolute atomic E-state index is 5.26. The molecular weight excluding hydrogens is 224 g/mol. The van der Waals surface area contributed by atoms with E-state index in [0.29, 0.717) is 17.5 Å². The first-order valence-corrected chi connectivity index (χ1v) is 5.21. The van der Waals surface area contributed by atoms with Crippen molar-refractivity contribution in [1.82, 2.24) is 20.3 Å². The maximum atomic E-state index is 5.26. The quantitative estimate of drug-likeness (QED) is 0.803. The summed E-state index contributed by atoms with van der Waals surface area (Å²) < 4.78 is 15.0. The van der Waals surface area contributed by atoms with Gasteiger partial charge in [0.2, 0.25) is 11.7 Å². The number of nitrogens with zero attached hydrogens (tertiary/aromatic N) is 4. The molecule has 0 aliphatic carbocycles. The molecule has 2 aromatic rings. The SMILES string of the molecule is Cc1nc(COc2nc(C(C)(C)C)no2)no1. The van der Waals surface area contributed by atoms with E-state index in [1.165, 1.54) is 0 Å². The van der Waals surface area contributed by atoms with Crippen LogP contribution in [0.1, 0.15) is 38.3 Å². The Kier molecular flexibility index (Phi) is 2.83. The van der Waals surface area contributed by atoms with E-state index in [1.807, 2.05) is 20.8 Å². The molecule has 0 saturated heterocycles. The van der Waals surface area contributed by atoms with Crippen LogP contribution in [0.2, 0.25) is 0 Å². The van der Waals surface area contributed by atoms with Gasteiger partial charge in [-0.15, -0.1) is 0 Å². The van der Waals surface area contributed by atoms with Crippen molar-refractivity contribution in [2.75, 3.05) is 0 Å². The third-order valence-corrected chi connectivity index (χ3v) is 1.97. The maximum Gasteiger partial charge on any atom is 0.417 e. The van der Waals surface area contributed by atoms with Crippen molar-refractivity contribution in [3.63, 3.8) is 0 Å². The molecule has 92 valence electrons. The fourth-order valence-electron chi connectivity index (χ4n) is 1.10. The molecular formula is C10H14N4O3. The highest BCUT2D eigenvalue weighted by atomic mass is 16.6. The second kappa shape index (κ2) is 4.15. The van der Waals surface area contributed by atoms with Gasteiger partial charge in [-0.3, -0.25) is 4.52 Å². The first-order chi connectivity index (χ1) is 7.95. The van der Waals surface area contributed by atoms with Crippen LogP contribution in [-0.2, 0) is 12.0 Å². The summed E-state index contributed by atoms with van der Waals surface area (Å²) in [5, 5.41) is 7.52. The Morgan fingerprint density at radius 1 is 1.12 bits per heavy atom. The van der Waals surface area contributed by atoms with Crippen LogP contribution in [0.4, 0.5) is 0 Å². The summed E-state index contributed by atoms with van der Waals surface area (Å²) in [6.45, 7) is 7.82. The molecule has 7 nitrogen and oxygen atoms in total. The standard InChI is InChI=1S/C10H14N4O3/c1-6-11-7(13-16-6)5-15-9-12-8(14-17-9)10(2,3)4/h5H2,1-4H3. The molecule has 0 amide bonds. The van der Waals surface area contributed by atoms with Crippen molar-refractivity contribution in [1.29, 1.82) is 0 Å². The van der Waals surface area contributed by atoms with Gasteiger partial charge in [0.25, 0.3) is 0 Å². The van der Waals surface area contributed by atoms with Crippen LogP contribution in [-0.4, -0.2) is 20.3 Å². The molecule has 0 radical (unpaired) electrons. The molecule has 0 aliphatic heterocycles. The summed E-state index contributed by atoms with van der Waals surface area (Å²) in [5.74, 6) is 1.53. The van der Waals surface area contributed by atoms with Crippen LogP contribution in [0.25, 0.3) is 0 Å². The Bertz CT molecular complexity index is 498. The fourth-order valence-corrected chi connectivity index (χ4v) is 1.10. The molecule has 2 heterocycles. The van der Waals surface area contributed by atoms with Crippen LogP contribution in [0, 0.1) is 6.92 Å². The van der Waals surface area contributed by atoms with Gasteiger partial charge >= 0.3 is 6.08 Å². The average Bonchev–Trinajstić information content (AvgIpc) is 2.82. The van der Waals surface area contributed by atoms with Crippen LogP contribution in [0.15, 0.2) is 9.05 Å². The number of rotatable bonds is 3. The van der Waals surface area contributed by atoms with Gasteiger partial charge in [0.15, 0.2) is 12.4 Å². The predicted octanol–water partition coefficient (Wildman–Crippen LogP) is 1.64. The number of aryl methyl sites for hydroxylation is 1. The fraction of sp³-hybridized carbons (Fsp3) is 0.600. The van der Waals surface area contributed by atoms with E-state index in [1.54, 1.807) is 6.92 Å². The molecule has 0 saturated carbocycles. The van der Waals surface area contributed by atoms with Crippen LogP contribution in [0.5, 0.6) is 6.08 Å². The van der Waals surface area contributed by atoms with Crippen LogP contribution in [0.3, 0.4) is 0 Å². The van der Waals surface area contributed by atoms with Gasteiger partial charge in [-0.1, -0.05) is 31.1 Å². The lowest BCUT2D eigenvalue weighted by Gasteiger charge is -2.10. The highest BCUT2D eigenvalue weighted by Gasteiger charge is 2.21. The van der Waals surface area contributed by atoms with Crippen molar-refractivity contribution in [2.24, 2.45) is 0 Å². The van der Waals surface area contributed by atoms with Gasteiger partial charge in [-0.05, 0) is 0 Å². The van der Waals surface area contributed by atoms with Gasteiger partial charge in [0.05, 0.1) is 0 Å². The zero-order valence-electron chi connectivity index (χ0n) is 10.2. The van der Waals surface area contributed by atoms with Crippen LogP contribution >= 0.6 is 0 Å². The summed E-state index contributed by atoms with van der Waals surface area (Å²) in [6.07, 6.45) is 0.109. The van der Waals surface area contributed by atoms with Crippen molar-refractivity contribution in [2.45, 2.75) is 39.7 Å². The minimum absolute atomic E-state index is 0.109. The molecule has 0 aliphatic rings. The Morgan fingerprint density at radius 3 is 2.41 bits per heavy atom. The van der Waals surface area contributed by atoms with Crippen molar-refractivity contribution in [3.05, 3.63) is 17.5 Å². The van der Waals surface area contributed by atoms with E-state index in [9.17, 15) is 0 Å². The molecule has 0 fully saturated rings. The summed E-state index contributed by atoms with van der Waals surface area (Å²) >= 11 is 0. The zero-order chi connectivity index (χ0) is 12.5. The minimum atomic E-state index is -0.173. The summed E-state index contributed by atoms with van der Waals surface area (Å²) in [7, 11) is 0. The number of hydrogen-bond donors (Lipinski definition) is 0. The summed E-state index contributed by atoms with van der Waals surface area (Å²) in [5.41, 5.74) is -0.173. The topological polar surface area (TPSA) is 87.1 Å². The highest BCUT2D eigenvalue weighted by molar-refractivity contribution is 5.02. The molecule has 0 atom stereocenters. The monoisotopic (exact) mass is 238 g/mol. The lowest BCUT2D eigenvalue weighted by atomic mass is 9.96. The second-order valence-electron chi connectivity index (χ2n) is 4.65. The lowest BCUT2D eigenvalue weighted by molar-refractivity contribution is 0.187. The van der Waals surface area contributed by atoms with E-state index in [4.69, 9.17) is 13.8 Å². The summed E-state index contributed by atoms with van der Waals surface area (Å²) in [4.78, 5) is 8.11. The van der Waals surface area contributed by atoms with Crippen LogP contribution < -0.4 is 4.74 Å². The number of aromatic nitrogens is 4. The van der Waals surface area contributed by atoms with Gasteiger partial charge < -0.3 is 9.26 Å². The van der Waals surface area contributed by atoms with Gasteiger partial charge in [-0.2, -0.15) is 9.97 Å². The molecule has 7 heteroatoms. The zero-order valence-corrected chi connectivity index (χ0v) is 10.2. The Labute approximate surface area is 98.2 Å². The Morgan fingerprint density at radius 2 is 1.88 bits per heavy atom. The third kappa shape index (κ3) is 2.80. The molecule has 0 N–H and O–H groups in total. The minimum Gasteiger partial charge on any atom is -0.440 e. The van der Waals surface area contributed by atoms with E-state index in [-0.39, 0.29) is 18.1 Å². The van der Waals surface area contributed by atoms with Crippen molar-refractivity contribution >= 4 is 0 Å². The largest absolute Gasteiger partial charge is 0.440 e. The number of ether oxygens (including phenoxy) is 1. The normalized spacial score (nSPS) is 11.8. The molecule has 2 rings (SSSR count). The van der Waals surface area contributed by atoms with Gasteiger partial charge in [0.1, 0.15) is 0 Å². The summed E-state index contributed by atoms with van der Waals surface area (Å²) in [6, 6.07) is 0. The number of hydrogen-bond acceptors (Lipinski definition) is 7. The molecule has 0 aromatic carbocycles. The van der Waals surface area contributed by atoms with E-state index in [0.717, 1.165) is 0 Å². The van der Waals surface area contributed by atoms with E-state index in [2.05, 4.69) is 20.3 Å². The second-order valence-corrected chi connectivity index (χ2v) is 4.65. The first kappa shape index (κ1) is 11.6. The third-order valence-electron chi connectivity index (χ3n) is 1.97. The predicted molar refractivity (Wildman–Crippen MR) is 56.4 cm³/mol. The Hall–Kier alpha value is -1.92. The molecule has 0 unspecified atom stereocenters. The smallest absolute Gasteiger partial charge is 0.417 e. The van der Waals surface area contributed by atoms with Crippen molar-refractivity contribution in [3.8, 4) is 6.08 Å². The molecule has 17 heavy (non-hydrogen) atoms. The molecule has 2 aromatic heterocycles.